The van der Waals surface area contributed by atoms with Crippen molar-refractivity contribution in [3.8, 4) is 5.75 Å². The summed E-state index contributed by atoms with van der Waals surface area (Å²) in [6.07, 6.45) is 1.78. The average molecular weight is 484 g/mol. The third-order valence-corrected chi connectivity index (χ3v) is 7.84. The summed E-state index contributed by atoms with van der Waals surface area (Å²) in [5.41, 5.74) is 8.13. The van der Waals surface area contributed by atoms with Crippen LogP contribution in [0.25, 0.3) is 5.70 Å². The van der Waals surface area contributed by atoms with E-state index in [2.05, 4.69) is 10.1 Å². The van der Waals surface area contributed by atoms with Crippen LogP contribution < -0.4 is 15.8 Å². The monoisotopic (exact) mass is 483 g/mol. The van der Waals surface area contributed by atoms with E-state index in [1.54, 1.807) is 19.1 Å². The molecule has 182 valence electrons. The van der Waals surface area contributed by atoms with Crippen molar-refractivity contribution in [1.82, 2.24) is 5.32 Å². The number of alkyl halides is 2. The normalized spacial score (nSPS) is 27.7. The maximum absolute atomic E-state index is 13.0. The molecule has 1 amide bonds. The number of hydrogen-bond donors (Lipinski definition) is 2. The number of carbonyl (C=O) groups is 1. The zero-order valence-corrected chi connectivity index (χ0v) is 19.9. The number of rotatable bonds is 6. The average Bonchev–Trinajstić information content (AvgIpc) is 2.99. The van der Waals surface area contributed by atoms with Crippen molar-refractivity contribution >= 4 is 27.2 Å². The molecule has 2 aliphatic rings. The van der Waals surface area contributed by atoms with Crippen LogP contribution in [0.1, 0.15) is 52.0 Å². The maximum atomic E-state index is 13.0. The minimum Gasteiger partial charge on any atom is -0.435 e. The fraction of sp³-hybridized carbons (Fsp3) is 0.565. The van der Waals surface area contributed by atoms with E-state index in [0.29, 0.717) is 42.7 Å². The van der Waals surface area contributed by atoms with E-state index in [0.717, 1.165) is 5.57 Å². The van der Waals surface area contributed by atoms with Crippen molar-refractivity contribution in [2.24, 2.45) is 16.6 Å². The SMILES string of the molecule is CC(C)N=C1C[C@H](C(=O)N[C@@]2(C)CCS(=O)(=O)C2)CCC1=C(N)c1cccc(OC(F)F)c1. The Hall–Kier alpha value is -2.49. The molecule has 1 saturated carbocycles. The molecule has 0 radical (unpaired) electrons. The van der Waals surface area contributed by atoms with E-state index >= 15 is 0 Å². The molecule has 0 aromatic heterocycles. The first-order valence-electron chi connectivity index (χ1n) is 11.0. The summed E-state index contributed by atoms with van der Waals surface area (Å²) in [5, 5.41) is 2.95. The van der Waals surface area contributed by atoms with Crippen LogP contribution in [0.4, 0.5) is 8.78 Å². The van der Waals surface area contributed by atoms with Crippen molar-refractivity contribution in [2.45, 2.75) is 64.6 Å². The minimum absolute atomic E-state index is 0.0150. The molecule has 2 fully saturated rings. The molecular weight excluding hydrogens is 452 g/mol. The Morgan fingerprint density at radius 2 is 2.06 bits per heavy atom. The molecule has 33 heavy (non-hydrogen) atoms. The van der Waals surface area contributed by atoms with Gasteiger partial charge in [0.1, 0.15) is 5.75 Å². The number of hydrogen-bond acceptors (Lipinski definition) is 6. The number of nitrogens with one attached hydrogen (secondary N) is 1. The lowest BCUT2D eigenvalue weighted by Gasteiger charge is -2.31. The van der Waals surface area contributed by atoms with Crippen molar-refractivity contribution in [3.05, 3.63) is 35.4 Å². The number of nitrogens with two attached hydrogens (primary N) is 1. The van der Waals surface area contributed by atoms with E-state index < -0.39 is 22.0 Å². The summed E-state index contributed by atoms with van der Waals surface area (Å²) in [5.74, 6) is -0.503. The van der Waals surface area contributed by atoms with Crippen molar-refractivity contribution in [1.29, 1.82) is 0 Å². The van der Waals surface area contributed by atoms with Gasteiger partial charge in [0.2, 0.25) is 5.91 Å². The summed E-state index contributed by atoms with van der Waals surface area (Å²) < 4.78 is 53.4. The molecule has 1 heterocycles. The highest BCUT2D eigenvalue weighted by Crippen LogP contribution is 2.33. The third-order valence-electron chi connectivity index (χ3n) is 5.94. The van der Waals surface area contributed by atoms with Crippen LogP contribution in [-0.4, -0.2) is 49.7 Å². The highest BCUT2D eigenvalue weighted by atomic mass is 32.2. The quantitative estimate of drug-likeness (QED) is 0.645. The smallest absolute Gasteiger partial charge is 0.387 e. The van der Waals surface area contributed by atoms with Gasteiger partial charge < -0.3 is 15.8 Å². The number of aliphatic imine (C=N–C) groups is 1. The molecule has 1 aromatic carbocycles. The standard InChI is InChI=1S/C23H31F2N3O4S/c1-14(2)27-19-12-16(21(29)28-23(3)9-10-33(30,31)13-23)7-8-18(19)20(26)15-5-4-6-17(11-15)32-22(24)25/h4-6,11,14,16,22H,7-10,12-13,26H2,1-3H3,(H,28,29)/t16-,23+/m1/s1. The number of sulfone groups is 1. The molecular formula is C23H31F2N3O4S. The molecule has 1 saturated heterocycles. The Morgan fingerprint density at radius 3 is 2.67 bits per heavy atom. The summed E-state index contributed by atoms with van der Waals surface area (Å²) in [4.78, 5) is 17.7. The Kier molecular flexibility index (Phi) is 7.45. The fourth-order valence-corrected chi connectivity index (χ4v) is 6.49. The zero-order chi connectivity index (χ0) is 24.4. The molecule has 1 aromatic rings. The van der Waals surface area contributed by atoms with Crippen LogP contribution in [0.5, 0.6) is 5.75 Å². The number of halogens is 2. The highest BCUT2D eigenvalue weighted by molar-refractivity contribution is 7.91. The van der Waals surface area contributed by atoms with E-state index in [1.165, 1.54) is 12.1 Å². The lowest BCUT2D eigenvalue weighted by Crippen LogP contribution is -2.50. The molecule has 10 heteroatoms. The van der Waals surface area contributed by atoms with E-state index in [9.17, 15) is 22.0 Å². The van der Waals surface area contributed by atoms with Crippen molar-refractivity contribution in [2.75, 3.05) is 11.5 Å². The molecule has 3 N–H and O–H groups in total. The zero-order valence-electron chi connectivity index (χ0n) is 19.1. The number of carbonyl (C=O) groups excluding carboxylic acids is 1. The number of allylic oxidation sites excluding steroid dienone is 1. The Balaban J connectivity index is 1.82. The van der Waals surface area contributed by atoms with E-state index in [1.807, 2.05) is 13.8 Å². The number of amides is 1. The van der Waals surface area contributed by atoms with Crippen molar-refractivity contribution in [3.63, 3.8) is 0 Å². The minimum atomic E-state index is -3.14. The van der Waals surface area contributed by atoms with Gasteiger partial charge >= 0.3 is 6.61 Å². The largest absolute Gasteiger partial charge is 0.435 e. The van der Waals surface area contributed by atoms with Gasteiger partial charge in [-0.05, 0) is 57.7 Å². The first-order chi connectivity index (χ1) is 15.4. The van der Waals surface area contributed by atoms with Crippen LogP contribution in [0.3, 0.4) is 0 Å². The fourth-order valence-electron chi connectivity index (χ4n) is 4.40. The lowest BCUT2D eigenvalue weighted by molar-refractivity contribution is -0.126. The van der Waals surface area contributed by atoms with Gasteiger partial charge in [0.15, 0.2) is 9.84 Å². The topological polar surface area (TPSA) is 111 Å². The molecule has 0 spiro atoms. The molecule has 1 aliphatic carbocycles. The van der Waals surface area contributed by atoms with Gasteiger partial charge in [-0.15, -0.1) is 0 Å². The van der Waals surface area contributed by atoms with Crippen LogP contribution >= 0.6 is 0 Å². The third kappa shape index (κ3) is 6.52. The highest BCUT2D eigenvalue weighted by Gasteiger charge is 2.41. The van der Waals surface area contributed by atoms with Crippen molar-refractivity contribution < 1.29 is 26.7 Å². The van der Waals surface area contributed by atoms with Gasteiger partial charge in [0, 0.05) is 35.4 Å². The Morgan fingerprint density at radius 1 is 1.33 bits per heavy atom. The second kappa shape index (κ2) is 9.79. The summed E-state index contributed by atoms with van der Waals surface area (Å²) in [6, 6.07) is 6.17. The molecule has 0 bridgehead atoms. The number of benzene rings is 1. The van der Waals surface area contributed by atoms with E-state index in [4.69, 9.17) is 10.7 Å². The molecule has 7 nitrogen and oxygen atoms in total. The predicted molar refractivity (Wildman–Crippen MR) is 124 cm³/mol. The van der Waals surface area contributed by atoms with Crippen LogP contribution in [0.15, 0.2) is 34.8 Å². The molecule has 3 rings (SSSR count). The second-order valence-corrected chi connectivity index (χ2v) is 11.5. The maximum Gasteiger partial charge on any atom is 0.387 e. The van der Waals surface area contributed by atoms with Gasteiger partial charge in [-0.2, -0.15) is 8.78 Å². The Labute approximate surface area is 193 Å². The van der Waals surface area contributed by atoms with Crippen LogP contribution in [-0.2, 0) is 14.6 Å². The molecule has 2 atom stereocenters. The number of nitrogens with zero attached hydrogens (tertiary/aromatic N) is 1. The lowest BCUT2D eigenvalue weighted by atomic mass is 9.81. The second-order valence-electron chi connectivity index (χ2n) is 9.30. The summed E-state index contributed by atoms with van der Waals surface area (Å²) >= 11 is 0. The van der Waals surface area contributed by atoms with Crippen LogP contribution in [0, 0.1) is 5.92 Å². The van der Waals surface area contributed by atoms with Gasteiger partial charge in [0.05, 0.1) is 17.0 Å². The Bertz CT molecular complexity index is 1070. The summed E-state index contributed by atoms with van der Waals surface area (Å²) in [7, 11) is -3.14. The molecule has 1 aliphatic heterocycles. The molecule has 0 unspecified atom stereocenters. The first kappa shape index (κ1) is 25.1. The predicted octanol–water partition coefficient (Wildman–Crippen LogP) is 3.30. The summed E-state index contributed by atoms with van der Waals surface area (Å²) in [6.45, 7) is 2.68. The van der Waals surface area contributed by atoms with Gasteiger partial charge in [-0.1, -0.05) is 12.1 Å². The van der Waals surface area contributed by atoms with Crippen LogP contribution in [0.2, 0.25) is 0 Å². The van der Waals surface area contributed by atoms with E-state index in [-0.39, 0.29) is 35.1 Å². The van der Waals surface area contributed by atoms with Gasteiger partial charge in [-0.25, -0.2) is 8.42 Å². The van der Waals surface area contributed by atoms with Gasteiger partial charge in [-0.3, -0.25) is 9.79 Å². The van der Waals surface area contributed by atoms with Gasteiger partial charge in [0.25, 0.3) is 0 Å². The first-order valence-corrected chi connectivity index (χ1v) is 12.8. The number of ether oxygens (including phenoxy) is 1.